The zero-order valence-corrected chi connectivity index (χ0v) is 79.2. The number of furan rings is 4. The van der Waals surface area contributed by atoms with Crippen LogP contribution in [-0.2, 0) is 32.5 Å². The van der Waals surface area contributed by atoms with Gasteiger partial charge < -0.3 is 26.8 Å². The van der Waals surface area contributed by atoms with Crippen molar-refractivity contribution in [3.8, 4) is 101 Å². The first-order valence-electron chi connectivity index (χ1n) is 48.2. The van der Waals surface area contributed by atoms with Gasteiger partial charge in [0.2, 0.25) is 0 Å². The molecule has 9 heteroatoms. The Labute approximate surface area is 800 Å². The summed E-state index contributed by atoms with van der Waals surface area (Å²) in [6.45, 7) is 28.5. The predicted molar refractivity (Wildman–Crippen MR) is 572 cm³/mol. The van der Waals surface area contributed by atoms with Gasteiger partial charge in [0.15, 0.2) is 17.5 Å². The Morgan fingerprint density at radius 1 is 0.196 bits per heavy atom. The Balaban J connectivity index is 0.000000107. The summed E-state index contributed by atoms with van der Waals surface area (Å²) >= 11 is 0. The Morgan fingerprint density at radius 2 is 0.601 bits per heavy atom. The molecule has 18 aromatic carbocycles. The molecule has 9 nitrogen and oxygen atoms in total. The topological polar surface area (TPSA) is 101 Å². The van der Waals surface area contributed by atoms with Gasteiger partial charge in [-0.2, -0.15) is 0 Å². The van der Waals surface area contributed by atoms with E-state index in [4.69, 9.17) is 32.6 Å². The number of benzene rings is 18. The third-order valence-electron chi connectivity index (χ3n) is 32.8. The SMILES string of the molecule is CC1(C)c2ccccc2-c2c(ccc3c2oc2c(-c4nc(-c5ccccc5)nc(-c5cccc6oc7ccccc7c56)n4)cccc23)C1(C)C.CC1(C)c2ccccc2-c2ccc3c(oc4ccc(-n5c6ccccc6c6cc(-c7ccccc7)ccc65)cc43)c2C1(C)C.CC1(C)c2ccccc2-c2ccc3oc4ccc(-c5ccc(-n6c7ccccc7c7ccccc76)cc5)cc4c3c2C1(C)C. The zero-order chi connectivity index (χ0) is 93.4. The van der Waals surface area contributed by atoms with Crippen molar-refractivity contribution in [1.82, 2.24) is 24.1 Å². The summed E-state index contributed by atoms with van der Waals surface area (Å²) in [4.78, 5) is 15.4. The highest BCUT2D eigenvalue weighted by atomic mass is 16.3. The summed E-state index contributed by atoms with van der Waals surface area (Å²) in [5.74, 6) is 1.73. The Hall–Kier alpha value is -16.2. The normalized spacial score (nSPS) is 15.0. The van der Waals surface area contributed by atoms with Crippen LogP contribution in [0.15, 0.2) is 400 Å². The summed E-state index contributed by atoms with van der Waals surface area (Å²) in [6.07, 6.45) is 0. The molecule has 0 aliphatic heterocycles. The van der Waals surface area contributed by atoms with Crippen molar-refractivity contribution < 1.29 is 17.7 Å². The van der Waals surface area contributed by atoms with Gasteiger partial charge in [0.25, 0.3) is 0 Å². The van der Waals surface area contributed by atoms with Crippen molar-refractivity contribution in [2.75, 3.05) is 0 Å². The molecule has 0 unspecified atom stereocenters. The number of hydrogen-bond donors (Lipinski definition) is 0. The molecule has 138 heavy (non-hydrogen) atoms. The van der Waals surface area contributed by atoms with Gasteiger partial charge in [0.05, 0.1) is 27.6 Å². The third kappa shape index (κ3) is 12.0. The van der Waals surface area contributed by atoms with Gasteiger partial charge in [-0.25, -0.2) is 15.0 Å². The first-order chi connectivity index (χ1) is 67.0. The molecule has 0 saturated heterocycles. The van der Waals surface area contributed by atoms with E-state index in [2.05, 4.69) is 414 Å². The van der Waals surface area contributed by atoms with Gasteiger partial charge in [-0.1, -0.05) is 362 Å². The van der Waals surface area contributed by atoms with E-state index in [0.29, 0.717) is 17.5 Å². The first-order valence-corrected chi connectivity index (χ1v) is 48.2. The van der Waals surface area contributed by atoms with Crippen LogP contribution in [0.1, 0.15) is 116 Å². The molecule has 0 radical (unpaired) electrons. The first kappa shape index (κ1) is 82.4. The molecule has 0 spiro atoms. The molecule has 0 atom stereocenters. The van der Waals surface area contributed by atoms with E-state index in [1.165, 1.54) is 149 Å². The van der Waals surface area contributed by atoms with E-state index >= 15 is 0 Å². The van der Waals surface area contributed by atoms with Gasteiger partial charge in [-0.15, -0.1) is 0 Å². The van der Waals surface area contributed by atoms with E-state index in [1.54, 1.807) is 0 Å². The Kier molecular flexibility index (Phi) is 18.0. The van der Waals surface area contributed by atoms with Crippen LogP contribution in [0, 0.1) is 0 Å². The lowest BCUT2D eigenvalue weighted by Gasteiger charge is -2.48. The molecule has 0 amide bonds. The summed E-state index contributed by atoms with van der Waals surface area (Å²) in [5.41, 5.74) is 37.0. The fourth-order valence-corrected chi connectivity index (χ4v) is 23.7. The summed E-state index contributed by atoms with van der Waals surface area (Å²) in [6, 6.07) is 137. The van der Waals surface area contributed by atoms with E-state index < -0.39 is 0 Å². The number of fused-ring (bicyclic) bond motifs is 30. The van der Waals surface area contributed by atoms with Crippen molar-refractivity contribution in [1.29, 1.82) is 0 Å². The number of aromatic nitrogens is 5. The van der Waals surface area contributed by atoms with Crippen LogP contribution < -0.4 is 0 Å². The van der Waals surface area contributed by atoms with E-state index in [-0.39, 0.29) is 32.5 Å². The fraction of sp³-hybridized carbons (Fsp3) is 0.140. The number of nitrogens with zero attached hydrogens (tertiary/aromatic N) is 5. The molecule has 3 aliphatic carbocycles. The molecule has 25 aromatic rings. The van der Waals surface area contributed by atoms with Crippen LogP contribution in [0.4, 0.5) is 0 Å². The summed E-state index contributed by atoms with van der Waals surface area (Å²) in [5, 5.41) is 14.0. The number of para-hydroxylation sites is 5. The van der Waals surface area contributed by atoms with Gasteiger partial charge in [0.1, 0.15) is 44.7 Å². The molecule has 0 bridgehead atoms. The second kappa shape index (κ2) is 30.1. The summed E-state index contributed by atoms with van der Waals surface area (Å²) < 4.78 is 31.4. The maximum atomic E-state index is 7.05. The predicted octanol–water partition coefficient (Wildman–Crippen LogP) is 35.1. The van der Waals surface area contributed by atoms with Crippen molar-refractivity contribution in [2.45, 2.75) is 116 Å². The molecule has 664 valence electrons. The van der Waals surface area contributed by atoms with E-state index in [0.717, 1.165) is 99.7 Å². The Bertz CT molecular complexity index is 9350. The molecule has 7 heterocycles. The standard InChI is InChI=1S/C45H33N3O2.2C42H33NO/c1-44(2)33-21-10-8-16-29(33)38-34(45(44,3)4)25-24-28-27-18-12-20-32(39(27)50-40(28)38)43-47-41(26-14-6-5-7-15-26)46-42(48-43)31-19-13-23-36-37(31)30-17-9-11-22-35(30)49-36;1-41(2)34-14-8-5-11-29(34)32-22-24-38-39(40(32)42(41,3)4)33-25-27(19-23-37(33)44-38)26-17-20-28(21-18-26)43-35-15-9-6-12-30(35)31-13-7-10-16-36(31)43;1-41(2)35-16-10-8-14-29(35)31-20-21-32-34-25-28(19-23-38(34)44-40(32)39(31)42(41,3)4)43-36-17-11-9-15-30(36)33-24-27(18-22-37(33)43)26-12-6-5-7-13-26/h5-25H,1-4H3;2*5-25H,1-4H3. The van der Waals surface area contributed by atoms with Crippen LogP contribution in [0.2, 0.25) is 0 Å². The average Bonchev–Trinajstić information content (AvgIpc) is 1.14. The minimum atomic E-state index is -0.129. The average molecular weight is 1780 g/mol. The lowest BCUT2D eigenvalue weighted by atomic mass is 9.55. The summed E-state index contributed by atoms with van der Waals surface area (Å²) in [7, 11) is 0. The smallest absolute Gasteiger partial charge is 0.167 e. The molecule has 0 fully saturated rings. The molecular weight excluding hydrogens is 1680 g/mol. The lowest BCUT2D eigenvalue weighted by Crippen LogP contribution is -2.43. The molecule has 7 aromatic heterocycles. The highest BCUT2D eigenvalue weighted by molar-refractivity contribution is 6.18. The van der Waals surface area contributed by atoms with E-state index in [9.17, 15) is 0 Å². The molecule has 0 N–H and O–H groups in total. The second-order valence-corrected chi connectivity index (χ2v) is 41.2. The zero-order valence-electron chi connectivity index (χ0n) is 79.2. The highest BCUT2D eigenvalue weighted by Gasteiger charge is 2.51. The molecule has 0 saturated carbocycles. The van der Waals surface area contributed by atoms with Gasteiger partial charge >= 0.3 is 0 Å². The van der Waals surface area contributed by atoms with Crippen LogP contribution in [-0.4, -0.2) is 24.1 Å². The number of hydrogen-bond acceptors (Lipinski definition) is 7. The van der Waals surface area contributed by atoms with Crippen LogP contribution in [0.25, 0.3) is 233 Å². The molecular formula is C129H99N5O4. The maximum absolute atomic E-state index is 7.05. The van der Waals surface area contributed by atoms with Gasteiger partial charge in [-0.05, 0) is 203 Å². The largest absolute Gasteiger partial charge is 0.456 e. The minimum Gasteiger partial charge on any atom is -0.456 e. The number of rotatable bonds is 7. The van der Waals surface area contributed by atoms with Gasteiger partial charge in [-0.3, -0.25) is 0 Å². The second-order valence-electron chi connectivity index (χ2n) is 41.2. The van der Waals surface area contributed by atoms with E-state index in [1.807, 2.05) is 60.7 Å². The molecule has 28 rings (SSSR count). The molecule has 3 aliphatic rings. The van der Waals surface area contributed by atoms with Crippen LogP contribution in [0.3, 0.4) is 0 Å². The monoisotopic (exact) mass is 1780 g/mol. The third-order valence-corrected chi connectivity index (χ3v) is 32.8. The fourth-order valence-electron chi connectivity index (χ4n) is 23.7. The Morgan fingerprint density at radius 3 is 1.28 bits per heavy atom. The van der Waals surface area contributed by atoms with Crippen molar-refractivity contribution in [2.24, 2.45) is 0 Å². The van der Waals surface area contributed by atoms with Crippen molar-refractivity contribution >= 4 is 131 Å². The van der Waals surface area contributed by atoms with Crippen LogP contribution >= 0.6 is 0 Å². The van der Waals surface area contributed by atoms with Crippen molar-refractivity contribution in [3.05, 3.63) is 416 Å². The maximum Gasteiger partial charge on any atom is 0.167 e. The minimum absolute atomic E-state index is 0.0469. The van der Waals surface area contributed by atoms with Gasteiger partial charge in [0, 0.05) is 109 Å². The lowest BCUT2D eigenvalue weighted by molar-refractivity contribution is 0.299. The highest BCUT2D eigenvalue weighted by Crippen LogP contribution is 2.61. The van der Waals surface area contributed by atoms with Crippen molar-refractivity contribution in [3.63, 3.8) is 0 Å². The quantitative estimate of drug-likeness (QED) is 0.157. The van der Waals surface area contributed by atoms with Crippen LogP contribution in [0.5, 0.6) is 0 Å².